The van der Waals surface area contributed by atoms with Crippen LogP contribution >= 0.6 is 0 Å². The highest BCUT2D eigenvalue weighted by Crippen LogP contribution is 2.34. The van der Waals surface area contributed by atoms with Crippen LogP contribution in [-0.2, 0) is 9.53 Å². The van der Waals surface area contributed by atoms with Crippen molar-refractivity contribution < 1.29 is 32.6 Å². The highest BCUT2D eigenvalue weighted by Gasteiger charge is 2.45. The minimum absolute atomic E-state index is 0.109. The Hall–Kier alpha value is -3.14. The second kappa shape index (κ2) is 9.99. The van der Waals surface area contributed by atoms with Crippen LogP contribution in [0.25, 0.3) is 0 Å². The molecule has 0 saturated carbocycles. The molecule has 4 rings (SSSR count). The number of anilines is 1. The molecule has 10 heteroatoms. The summed E-state index contributed by atoms with van der Waals surface area (Å²) in [6.07, 6.45) is -3.14. The molecule has 2 aliphatic rings. The number of aliphatic carboxylic acids is 1. The van der Waals surface area contributed by atoms with Crippen LogP contribution in [0.2, 0.25) is 0 Å². The maximum Gasteiger partial charge on any atom is 0.490 e. The van der Waals surface area contributed by atoms with Gasteiger partial charge in [-0.05, 0) is 31.2 Å². The Kier molecular flexibility index (Phi) is 7.34. The van der Waals surface area contributed by atoms with Crippen LogP contribution in [0.5, 0.6) is 0 Å². The lowest BCUT2D eigenvalue weighted by atomic mass is 9.93. The fraction of sp³-hybridized carbons (Fsp3) is 0.409. The SMILES string of the molecule is Cc1cccc(C(=O)N2C[C@@H]3[C@@H](CNc4ccccn4)CO[C@@H]3C2)c1.O=C(O)C(F)(F)F. The zero-order chi connectivity index (χ0) is 23.3. The molecule has 0 radical (unpaired) electrons. The molecule has 0 aliphatic carbocycles. The third-order valence-corrected chi connectivity index (χ3v) is 5.44. The first-order chi connectivity index (χ1) is 15.1. The highest BCUT2D eigenvalue weighted by molar-refractivity contribution is 5.94. The van der Waals surface area contributed by atoms with Crippen LogP contribution in [0.15, 0.2) is 48.7 Å². The minimum Gasteiger partial charge on any atom is -0.475 e. The van der Waals surface area contributed by atoms with Gasteiger partial charge in [0.15, 0.2) is 0 Å². The summed E-state index contributed by atoms with van der Waals surface area (Å²) in [7, 11) is 0. The number of likely N-dealkylation sites (tertiary alicyclic amines) is 1. The van der Waals surface area contributed by atoms with Crippen LogP contribution in [-0.4, -0.2) is 65.4 Å². The number of nitrogens with one attached hydrogen (secondary N) is 1. The molecule has 2 aliphatic heterocycles. The number of ether oxygens (including phenoxy) is 1. The number of rotatable bonds is 4. The Morgan fingerprint density at radius 3 is 2.59 bits per heavy atom. The van der Waals surface area contributed by atoms with E-state index >= 15 is 0 Å². The van der Waals surface area contributed by atoms with Gasteiger partial charge in [0.05, 0.1) is 12.7 Å². The summed E-state index contributed by atoms with van der Waals surface area (Å²) in [5, 5.41) is 10.5. The zero-order valence-electron chi connectivity index (χ0n) is 17.4. The molecule has 1 amide bonds. The number of hydrogen-bond acceptors (Lipinski definition) is 5. The first-order valence-electron chi connectivity index (χ1n) is 10.1. The van der Waals surface area contributed by atoms with Gasteiger partial charge in [0.1, 0.15) is 5.82 Å². The molecule has 1 aromatic heterocycles. The molecule has 2 fully saturated rings. The molecule has 7 nitrogen and oxygen atoms in total. The van der Waals surface area contributed by atoms with Gasteiger partial charge in [-0.15, -0.1) is 0 Å². The van der Waals surface area contributed by atoms with E-state index in [4.69, 9.17) is 14.6 Å². The third kappa shape index (κ3) is 5.97. The van der Waals surface area contributed by atoms with Gasteiger partial charge >= 0.3 is 12.1 Å². The first kappa shape index (κ1) is 23.5. The topological polar surface area (TPSA) is 91.8 Å². The number of alkyl halides is 3. The summed E-state index contributed by atoms with van der Waals surface area (Å²) in [4.78, 5) is 27.9. The zero-order valence-corrected chi connectivity index (χ0v) is 17.4. The molecule has 0 unspecified atom stereocenters. The first-order valence-corrected chi connectivity index (χ1v) is 10.1. The number of aryl methyl sites for hydroxylation is 1. The molecule has 2 saturated heterocycles. The maximum absolute atomic E-state index is 12.8. The number of aromatic nitrogens is 1. The van der Waals surface area contributed by atoms with Gasteiger partial charge in [0.2, 0.25) is 0 Å². The van der Waals surface area contributed by atoms with E-state index in [0.717, 1.165) is 36.6 Å². The predicted octanol–water partition coefficient (Wildman–Crippen LogP) is 3.22. The lowest BCUT2D eigenvalue weighted by Gasteiger charge is -2.20. The van der Waals surface area contributed by atoms with Gasteiger partial charge < -0.3 is 20.1 Å². The minimum atomic E-state index is -5.08. The molecule has 3 heterocycles. The van der Waals surface area contributed by atoms with Gasteiger partial charge in [-0.25, -0.2) is 9.78 Å². The van der Waals surface area contributed by atoms with Crippen molar-refractivity contribution in [2.45, 2.75) is 19.2 Å². The number of benzene rings is 1. The standard InChI is InChI=1S/C20H23N3O2.C2HF3O2/c1-14-5-4-6-15(9-14)20(24)23-11-17-16(13-25-18(17)12-23)10-22-19-7-2-3-8-21-19;3-2(4,5)1(6)7/h2-9,16-18H,10-13H2,1H3,(H,21,22);(H,6,7)/t16-,17+,18+;/m0./s1. The second-order valence-corrected chi connectivity index (χ2v) is 7.77. The van der Waals surface area contributed by atoms with Crippen LogP contribution < -0.4 is 5.32 Å². The summed E-state index contributed by atoms with van der Waals surface area (Å²) in [5.41, 5.74) is 1.88. The third-order valence-electron chi connectivity index (χ3n) is 5.44. The Morgan fingerprint density at radius 2 is 1.97 bits per heavy atom. The molecule has 172 valence electrons. The Labute approximate surface area is 183 Å². The smallest absolute Gasteiger partial charge is 0.475 e. The van der Waals surface area contributed by atoms with E-state index in [1.165, 1.54) is 0 Å². The van der Waals surface area contributed by atoms with Crippen LogP contribution in [0, 0.1) is 18.8 Å². The van der Waals surface area contributed by atoms with Crippen LogP contribution in [0.4, 0.5) is 19.0 Å². The van der Waals surface area contributed by atoms with Crippen molar-refractivity contribution in [1.29, 1.82) is 0 Å². The Morgan fingerprint density at radius 1 is 1.22 bits per heavy atom. The largest absolute Gasteiger partial charge is 0.490 e. The number of fused-ring (bicyclic) bond motifs is 1. The second-order valence-electron chi connectivity index (χ2n) is 7.77. The van der Waals surface area contributed by atoms with Gasteiger partial charge in [0, 0.05) is 43.2 Å². The van der Waals surface area contributed by atoms with E-state index in [1.807, 2.05) is 54.3 Å². The van der Waals surface area contributed by atoms with Crippen molar-refractivity contribution in [2.75, 3.05) is 31.6 Å². The van der Waals surface area contributed by atoms with Crippen molar-refractivity contribution in [3.63, 3.8) is 0 Å². The normalized spacial score (nSPS) is 22.0. The Bertz CT molecular complexity index is 940. The van der Waals surface area contributed by atoms with Crippen molar-refractivity contribution in [1.82, 2.24) is 9.88 Å². The number of carbonyl (C=O) groups excluding carboxylic acids is 1. The van der Waals surface area contributed by atoms with Crippen molar-refractivity contribution >= 4 is 17.7 Å². The van der Waals surface area contributed by atoms with E-state index in [-0.39, 0.29) is 12.0 Å². The molecule has 0 bridgehead atoms. The monoisotopic (exact) mass is 451 g/mol. The van der Waals surface area contributed by atoms with Crippen molar-refractivity contribution in [2.24, 2.45) is 11.8 Å². The summed E-state index contributed by atoms with van der Waals surface area (Å²) >= 11 is 0. The summed E-state index contributed by atoms with van der Waals surface area (Å²) < 4.78 is 37.7. The number of amides is 1. The number of hydrogen-bond donors (Lipinski definition) is 2. The number of carbonyl (C=O) groups is 2. The summed E-state index contributed by atoms with van der Waals surface area (Å²) in [6, 6.07) is 13.7. The Balaban J connectivity index is 0.000000360. The van der Waals surface area contributed by atoms with Gasteiger partial charge in [0.25, 0.3) is 5.91 Å². The molecular weight excluding hydrogens is 427 g/mol. The average Bonchev–Trinajstić information content (AvgIpc) is 3.33. The number of halogens is 3. The molecule has 1 aromatic carbocycles. The van der Waals surface area contributed by atoms with E-state index in [0.29, 0.717) is 18.4 Å². The van der Waals surface area contributed by atoms with Gasteiger partial charge in [-0.2, -0.15) is 13.2 Å². The van der Waals surface area contributed by atoms with Gasteiger partial charge in [-0.3, -0.25) is 4.79 Å². The molecule has 32 heavy (non-hydrogen) atoms. The van der Waals surface area contributed by atoms with E-state index in [1.54, 1.807) is 6.20 Å². The van der Waals surface area contributed by atoms with Gasteiger partial charge in [-0.1, -0.05) is 23.8 Å². The fourth-order valence-corrected chi connectivity index (χ4v) is 3.84. The molecule has 2 N–H and O–H groups in total. The van der Waals surface area contributed by atoms with E-state index in [2.05, 4.69) is 10.3 Å². The summed E-state index contributed by atoms with van der Waals surface area (Å²) in [6.45, 7) is 5.05. The fourth-order valence-electron chi connectivity index (χ4n) is 3.84. The van der Waals surface area contributed by atoms with E-state index < -0.39 is 12.1 Å². The van der Waals surface area contributed by atoms with Crippen molar-refractivity contribution in [3.8, 4) is 0 Å². The lowest BCUT2D eigenvalue weighted by Crippen LogP contribution is -2.32. The van der Waals surface area contributed by atoms with Crippen LogP contribution in [0.3, 0.4) is 0 Å². The molecule has 3 atom stereocenters. The lowest BCUT2D eigenvalue weighted by molar-refractivity contribution is -0.192. The number of carboxylic acid groups (broad SMARTS) is 1. The highest BCUT2D eigenvalue weighted by atomic mass is 19.4. The molecular formula is C22H24F3N3O4. The number of carboxylic acids is 1. The maximum atomic E-state index is 12.8. The quantitative estimate of drug-likeness (QED) is 0.742. The molecule has 0 spiro atoms. The number of nitrogens with zero attached hydrogens (tertiary/aromatic N) is 2. The summed E-state index contributed by atoms with van der Waals surface area (Å²) in [5.74, 6) is -0.963. The predicted molar refractivity (Wildman–Crippen MR) is 110 cm³/mol. The average molecular weight is 451 g/mol. The number of pyridine rings is 1. The molecule has 2 aromatic rings. The van der Waals surface area contributed by atoms with Crippen molar-refractivity contribution in [3.05, 3.63) is 59.8 Å². The van der Waals surface area contributed by atoms with E-state index in [9.17, 15) is 18.0 Å². The van der Waals surface area contributed by atoms with Crippen LogP contribution in [0.1, 0.15) is 15.9 Å².